The van der Waals surface area contributed by atoms with Crippen LogP contribution >= 0.6 is 7.60 Å². The van der Waals surface area contributed by atoms with Gasteiger partial charge in [-0.15, -0.1) is 0 Å². The van der Waals surface area contributed by atoms with Gasteiger partial charge in [0.25, 0.3) is 0 Å². The minimum atomic E-state index is -4.65. The van der Waals surface area contributed by atoms with Crippen molar-refractivity contribution in [3.8, 4) is 0 Å². The molecule has 0 radical (unpaired) electrons. The van der Waals surface area contributed by atoms with Gasteiger partial charge in [-0.1, -0.05) is 33.6 Å². The molecular formula is C9H19O5P. The standard InChI is InChI=1S/C9H19O5P/c1-4-7(5-2)9(6-3,8(10)11)15(12,13)14/h7H,4-6H2,1-3H3,(H,10,11)(H2,12,13,14). The molecule has 0 saturated carbocycles. The van der Waals surface area contributed by atoms with Crippen LogP contribution in [0.15, 0.2) is 0 Å². The Kier molecular flexibility index (Phi) is 4.97. The van der Waals surface area contributed by atoms with Crippen molar-refractivity contribution in [1.29, 1.82) is 0 Å². The number of carboxylic acids is 1. The molecule has 1 unspecified atom stereocenters. The van der Waals surface area contributed by atoms with Gasteiger partial charge >= 0.3 is 13.6 Å². The van der Waals surface area contributed by atoms with Crippen molar-refractivity contribution in [2.75, 3.05) is 0 Å². The van der Waals surface area contributed by atoms with Gasteiger partial charge in [0.2, 0.25) is 0 Å². The molecule has 15 heavy (non-hydrogen) atoms. The molecule has 0 aromatic heterocycles. The normalized spacial score (nSPS) is 16.4. The van der Waals surface area contributed by atoms with E-state index >= 15 is 0 Å². The molecule has 0 aromatic rings. The minimum Gasteiger partial charge on any atom is -0.480 e. The van der Waals surface area contributed by atoms with Crippen LogP contribution in [0.4, 0.5) is 0 Å². The average Bonchev–Trinajstić information content (AvgIpc) is 2.10. The van der Waals surface area contributed by atoms with Crippen LogP contribution in [0, 0.1) is 5.92 Å². The summed E-state index contributed by atoms with van der Waals surface area (Å²) in [5, 5.41) is 7.18. The van der Waals surface area contributed by atoms with Crippen molar-refractivity contribution in [1.82, 2.24) is 0 Å². The van der Waals surface area contributed by atoms with Crippen LogP contribution in [0.5, 0.6) is 0 Å². The number of hydrogen-bond donors (Lipinski definition) is 3. The molecule has 0 bridgehead atoms. The number of rotatable bonds is 6. The summed E-state index contributed by atoms with van der Waals surface area (Å²) in [6, 6.07) is 0. The average molecular weight is 238 g/mol. The molecule has 3 N–H and O–H groups in total. The lowest BCUT2D eigenvalue weighted by molar-refractivity contribution is -0.142. The lowest BCUT2D eigenvalue weighted by Gasteiger charge is -2.35. The molecule has 0 aliphatic heterocycles. The summed E-state index contributed by atoms with van der Waals surface area (Å²) in [6.07, 6.45) is 0.836. The highest BCUT2D eigenvalue weighted by molar-refractivity contribution is 7.54. The van der Waals surface area contributed by atoms with Gasteiger partial charge in [0.1, 0.15) is 0 Å². The van der Waals surface area contributed by atoms with E-state index in [0.717, 1.165) is 0 Å². The lowest BCUT2D eigenvalue weighted by atomic mass is 9.85. The molecular weight excluding hydrogens is 219 g/mol. The number of carbonyl (C=O) groups is 1. The van der Waals surface area contributed by atoms with Crippen LogP contribution in [-0.4, -0.2) is 26.0 Å². The second kappa shape index (κ2) is 5.10. The number of carboxylic acid groups (broad SMARTS) is 1. The highest BCUT2D eigenvalue weighted by atomic mass is 31.2. The first kappa shape index (κ1) is 14.6. The van der Waals surface area contributed by atoms with Crippen LogP contribution in [0.2, 0.25) is 0 Å². The Labute approximate surface area is 89.7 Å². The van der Waals surface area contributed by atoms with Gasteiger partial charge in [-0.05, 0) is 12.3 Å². The molecule has 0 aliphatic carbocycles. The summed E-state index contributed by atoms with van der Waals surface area (Å²) in [5.41, 5.74) is 0. The first-order valence-corrected chi connectivity index (χ1v) is 6.68. The Morgan fingerprint density at radius 1 is 1.27 bits per heavy atom. The SMILES string of the molecule is CCC(CC)C(CC)(C(=O)O)P(=O)(O)O. The van der Waals surface area contributed by atoms with Crippen LogP contribution in [-0.2, 0) is 9.36 Å². The van der Waals surface area contributed by atoms with E-state index in [4.69, 9.17) is 5.11 Å². The van der Waals surface area contributed by atoms with E-state index in [9.17, 15) is 19.1 Å². The van der Waals surface area contributed by atoms with E-state index in [1.807, 2.05) is 0 Å². The molecule has 0 fully saturated rings. The Morgan fingerprint density at radius 3 is 1.73 bits per heavy atom. The van der Waals surface area contributed by atoms with Crippen molar-refractivity contribution in [2.45, 2.75) is 45.2 Å². The fraction of sp³-hybridized carbons (Fsp3) is 0.889. The predicted octanol–water partition coefficient (Wildman–Crippen LogP) is 1.83. The summed E-state index contributed by atoms with van der Waals surface area (Å²) < 4.78 is 11.4. The highest BCUT2D eigenvalue weighted by Crippen LogP contribution is 2.58. The molecule has 6 heteroatoms. The predicted molar refractivity (Wildman–Crippen MR) is 56.8 cm³/mol. The molecule has 0 saturated heterocycles. The van der Waals surface area contributed by atoms with Gasteiger partial charge in [-0.2, -0.15) is 0 Å². The van der Waals surface area contributed by atoms with Crippen LogP contribution in [0.25, 0.3) is 0 Å². The highest BCUT2D eigenvalue weighted by Gasteiger charge is 2.56. The third kappa shape index (κ3) is 2.41. The van der Waals surface area contributed by atoms with E-state index in [1.165, 1.54) is 6.92 Å². The van der Waals surface area contributed by atoms with E-state index in [1.54, 1.807) is 13.8 Å². The van der Waals surface area contributed by atoms with Gasteiger partial charge in [0.15, 0.2) is 5.16 Å². The zero-order valence-electron chi connectivity index (χ0n) is 9.30. The molecule has 0 rings (SSSR count). The third-order valence-corrected chi connectivity index (χ3v) is 5.00. The maximum absolute atomic E-state index is 11.4. The topological polar surface area (TPSA) is 94.8 Å². The van der Waals surface area contributed by atoms with Crippen LogP contribution in [0.3, 0.4) is 0 Å². The van der Waals surface area contributed by atoms with E-state index in [-0.39, 0.29) is 6.42 Å². The van der Waals surface area contributed by atoms with Gasteiger partial charge in [0.05, 0.1) is 0 Å². The molecule has 0 amide bonds. The smallest absolute Gasteiger partial charge is 0.343 e. The fourth-order valence-corrected chi connectivity index (χ4v) is 3.65. The van der Waals surface area contributed by atoms with Gasteiger partial charge in [0, 0.05) is 0 Å². The van der Waals surface area contributed by atoms with E-state index < -0.39 is 24.6 Å². The van der Waals surface area contributed by atoms with Crippen molar-refractivity contribution in [3.63, 3.8) is 0 Å². The maximum atomic E-state index is 11.4. The molecule has 90 valence electrons. The summed E-state index contributed by atoms with van der Waals surface area (Å²) in [5.74, 6) is -1.90. The van der Waals surface area contributed by atoms with Crippen molar-refractivity contribution in [2.24, 2.45) is 5.92 Å². The van der Waals surface area contributed by atoms with Gasteiger partial charge < -0.3 is 14.9 Å². The Hall–Kier alpha value is -0.380. The summed E-state index contributed by atoms with van der Waals surface area (Å²) >= 11 is 0. The quantitative estimate of drug-likeness (QED) is 0.613. The summed E-state index contributed by atoms with van der Waals surface area (Å²) in [7, 11) is -4.65. The van der Waals surface area contributed by atoms with E-state index in [0.29, 0.717) is 12.8 Å². The molecule has 0 aliphatic rings. The zero-order valence-corrected chi connectivity index (χ0v) is 10.2. The van der Waals surface area contributed by atoms with Crippen LogP contribution in [0.1, 0.15) is 40.0 Å². The third-order valence-electron chi connectivity index (χ3n) is 3.09. The van der Waals surface area contributed by atoms with Gasteiger partial charge in [-0.3, -0.25) is 9.36 Å². The van der Waals surface area contributed by atoms with E-state index in [2.05, 4.69) is 0 Å². The molecule has 1 atom stereocenters. The lowest BCUT2D eigenvalue weighted by Crippen LogP contribution is -2.44. The summed E-state index contributed by atoms with van der Waals surface area (Å²) in [6.45, 7) is 5.00. The first-order chi connectivity index (χ1) is 6.77. The number of aliphatic carboxylic acids is 1. The van der Waals surface area contributed by atoms with Crippen molar-refractivity contribution < 1.29 is 24.3 Å². The Morgan fingerprint density at radius 2 is 1.67 bits per heavy atom. The largest absolute Gasteiger partial charge is 0.480 e. The molecule has 5 nitrogen and oxygen atoms in total. The minimum absolute atomic E-state index is 0.0566. The Bertz CT molecular complexity index is 268. The summed E-state index contributed by atoms with van der Waals surface area (Å²) in [4.78, 5) is 29.7. The second-order valence-corrected chi connectivity index (χ2v) is 5.53. The first-order valence-electron chi connectivity index (χ1n) is 5.06. The van der Waals surface area contributed by atoms with Crippen molar-refractivity contribution >= 4 is 13.6 Å². The van der Waals surface area contributed by atoms with Gasteiger partial charge in [-0.25, -0.2) is 0 Å². The number of hydrogen-bond acceptors (Lipinski definition) is 2. The maximum Gasteiger partial charge on any atom is 0.343 e. The zero-order chi connectivity index (χ0) is 12.3. The second-order valence-electron chi connectivity index (χ2n) is 3.64. The molecule has 0 aromatic carbocycles. The molecule has 0 heterocycles. The van der Waals surface area contributed by atoms with Crippen LogP contribution < -0.4 is 0 Å². The Balaban J connectivity index is 5.54. The van der Waals surface area contributed by atoms with Crippen molar-refractivity contribution in [3.05, 3.63) is 0 Å². The monoisotopic (exact) mass is 238 g/mol. The fourth-order valence-electron chi connectivity index (χ4n) is 2.15. The molecule has 0 spiro atoms.